The highest BCUT2D eigenvalue weighted by molar-refractivity contribution is 7.73. The number of fused-ring (bicyclic) bond motifs is 1. The lowest BCUT2D eigenvalue weighted by atomic mass is 10.0. The summed E-state index contributed by atoms with van der Waals surface area (Å²) in [5, 5.41) is 9.74. The van der Waals surface area contributed by atoms with E-state index < -0.39 is 0 Å². The third kappa shape index (κ3) is 2.15. The first kappa shape index (κ1) is 12.3. The topological polar surface area (TPSA) is 48.4 Å². The number of para-hydroxylation sites is 1. The smallest absolute Gasteiger partial charge is 0.207 e. The molecule has 0 saturated carbocycles. The summed E-state index contributed by atoms with van der Waals surface area (Å²) in [6, 6.07) is 6.19. The second-order valence-electron chi connectivity index (χ2n) is 4.25. The van der Waals surface area contributed by atoms with Crippen molar-refractivity contribution in [1.29, 1.82) is 0 Å². The van der Waals surface area contributed by atoms with Crippen molar-refractivity contribution in [2.24, 2.45) is 4.99 Å². The SMILES string of the molecule is CCc1cccc2c1N=C/C2=C/c1sc(=S)[nH]c1O. The summed E-state index contributed by atoms with van der Waals surface area (Å²) in [4.78, 5) is 7.94. The zero-order chi connectivity index (χ0) is 13.4. The molecule has 0 unspecified atom stereocenters. The molecule has 0 atom stereocenters. The number of nitrogens with one attached hydrogen (secondary N) is 1. The van der Waals surface area contributed by atoms with Gasteiger partial charge in [-0.2, -0.15) is 0 Å². The predicted molar refractivity (Wildman–Crippen MR) is 83.0 cm³/mol. The molecule has 19 heavy (non-hydrogen) atoms. The number of aryl methyl sites for hydroxylation is 1. The van der Waals surface area contributed by atoms with Crippen LogP contribution in [-0.4, -0.2) is 16.3 Å². The van der Waals surface area contributed by atoms with Crippen molar-refractivity contribution >= 4 is 47.1 Å². The van der Waals surface area contributed by atoms with Gasteiger partial charge >= 0.3 is 0 Å². The quantitative estimate of drug-likeness (QED) is 0.808. The molecule has 0 fully saturated rings. The van der Waals surface area contributed by atoms with Crippen LogP contribution in [0.15, 0.2) is 23.2 Å². The minimum atomic E-state index is 0.121. The van der Waals surface area contributed by atoms with Crippen LogP contribution in [0.2, 0.25) is 0 Å². The van der Waals surface area contributed by atoms with Crippen LogP contribution in [0.3, 0.4) is 0 Å². The van der Waals surface area contributed by atoms with Gasteiger partial charge in [-0.15, -0.1) is 11.3 Å². The van der Waals surface area contributed by atoms with Crippen LogP contribution >= 0.6 is 23.6 Å². The normalized spacial score (nSPS) is 15.1. The maximum atomic E-state index is 9.74. The van der Waals surface area contributed by atoms with Crippen LogP contribution in [0.1, 0.15) is 22.9 Å². The lowest BCUT2D eigenvalue weighted by Gasteiger charge is -2.04. The maximum absolute atomic E-state index is 9.74. The lowest BCUT2D eigenvalue weighted by Crippen LogP contribution is -1.84. The molecule has 3 rings (SSSR count). The van der Waals surface area contributed by atoms with Crippen molar-refractivity contribution < 1.29 is 5.11 Å². The Bertz CT molecular complexity index is 753. The van der Waals surface area contributed by atoms with Gasteiger partial charge < -0.3 is 10.1 Å². The fourth-order valence-electron chi connectivity index (χ4n) is 2.15. The molecule has 2 N–H and O–H groups in total. The van der Waals surface area contributed by atoms with Gasteiger partial charge in [0.2, 0.25) is 5.88 Å². The van der Waals surface area contributed by atoms with Crippen LogP contribution < -0.4 is 0 Å². The van der Waals surface area contributed by atoms with E-state index in [1.165, 1.54) is 16.9 Å². The van der Waals surface area contributed by atoms with Crippen LogP contribution in [0, 0.1) is 3.95 Å². The van der Waals surface area contributed by atoms with E-state index in [1.807, 2.05) is 18.4 Å². The van der Waals surface area contributed by atoms with Crippen molar-refractivity contribution in [3.8, 4) is 5.88 Å². The minimum absolute atomic E-state index is 0.121. The van der Waals surface area contributed by atoms with Crippen LogP contribution in [0.4, 0.5) is 5.69 Å². The van der Waals surface area contributed by atoms with E-state index in [-0.39, 0.29) is 5.88 Å². The highest BCUT2D eigenvalue weighted by atomic mass is 32.1. The first-order valence-corrected chi connectivity index (χ1v) is 7.21. The van der Waals surface area contributed by atoms with Gasteiger partial charge in [-0.1, -0.05) is 25.1 Å². The van der Waals surface area contributed by atoms with E-state index in [9.17, 15) is 5.11 Å². The van der Waals surface area contributed by atoms with E-state index in [2.05, 4.69) is 29.0 Å². The van der Waals surface area contributed by atoms with Crippen LogP contribution in [-0.2, 0) is 6.42 Å². The molecule has 1 aliphatic rings. The molecule has 5 heteroatoms. The van der Waals surface area contributed by atoms with Gasteiger partial charge in [-0.3, -0.25) is 4.99 Å². The maximum Gasteiger partial charge on any atom is 0.207 e. The molecule has 0 bridgehead atoms. The van der Waals surface area contributed by atoms with Crippen molar-refractivity contribution in [2.75, 3.05) is 0 Å². The lowest BCUT2D eigenvalue weighted by molar-refractivity contribution is 0.456. The molecule has 0 saturated heterocycles. The first-order chi connectivity index (χ1) is 9.19. The summed E-state index contributed by atoms with van der Waals surface area (Å²) in [6.45, 7) is 2.12. The third-order valence-electron chi connectivity index (χ3n) is 3.09. The van der Waals surface area contributed by atoms with Crippen molar-refractivity contribution in [3.63, 3.8) is 0 Å². The highest BCUT2D eigenvalue weighted by Crippen LogP contribution is 2.37. The molecular formula is C14H12N2OS2. The van der Waals surface area contributed by atoms with Crippen molar-refractivity contribution in [2.45, 2.75) is 13.3 Å². The Labute approximate surface area is 120 Å². The third-order valence-corrected chi connectivity index (χ3v) is 4.26. The van der Waals surface area contributed by atoms with E-state index in [0.29, 0.717) is 3.95 Å². The highest BCUT2D eigenvalue weighted by Gasteiger charge is 2.15. The number of allylic oxidation sites excluding steroid dienone is 1. The van der Waals surface area contributed by atoms with Gasteiger partial charge in [-0.25, -0.2) is 0 Å². The van der Waals surface area contributed by atoms with E-state index in [0.717, 1.165) is 28.1 Å². The van der Waals surface area contributed by atoms with Gasteiger partial charge in [0.15, 0.2) is 3.95 Å². The molecule has 1 aromatic carbocycles. The standard InChI is InChI=1S/C14H12N2OS2/c1-2-8-4-3-5-10-9(7-15-12(8)10)6-11-13(17)16-14(18)19-11/h3-7,17H,2H2,1H3,(H,16,18)/b9-6-. The van der Waals surface area contributed by atoms with Gasteiger partial charge in [0.05, 0.1) is 10.6 Å². The molecule has 0 aliphatic carbocycles. The predicted octanol–water partition coefficient (Wildman–Crippen LogP) is 4.33. The summed E-state index contributed by atoms with van der Waals surface area (Å²) in [5.41, 5.74) is 4.39. The zero-order valence-electron chi connectivity index (χ0n) is 10.3. The Hall–Kier alpha value is -1.72. The van der Waals surface area contributed by atoms with Crippen molar-refractivity contribution in [1.82, 2.24) is 4.98 Å². The number of aromatic hydroxyl groups is 1. The second kappa shape index (κ2) is 4.75. The molecule has 2 heterocycles. The van der Waals surface area contributed by atoms with Crippen LogP contribution in [0.25, 0.3) is 11.6 Å². The average molecular weight is 288 g/mol. The van der Waals surface area contributed by atoms with Crippen LogP contribution in [0.5, 0.6) is 5.88 Å². The summed E-state index contributed by atoms with van der Waals surface area (Å²) >= 11 is 6.38. The Morgan fingerprint density at radius 1 is 1.47 bits per heavy atom. The van der Waals surface area contributed by atoms with E-state index in [1.54, 1.807) is 0 Å². The Morgan fingerprint density at radius 2 is 2.32 bits per heavy atom. The molecule has 1 aromatic heterocycles. The monoisotopic (exact) mass is 288 g/mol. The van der Waals surface area contributed by atoms with Crippen molar-refractivity contribution in [3.05, 3.63) is 38.2 Å². The number of rotatable bonds is 2. The molecule has 2 aromatic rings. The Morgan fingerprint density at radius 3 is 3.00 bits per heavy atom. The number of hydrogen-bond donors (Lipinski definition) is 2. The van der Waals surface area contributed by atoms with Gasteiger partial charge in [0.1, 0.15) is 0 Å². The van der Waals surface area contributed by atoms with E-state index in [4.69, 9.17) is 12.2 Å². The number of nitrogens with zero attached hydrogens (tertiary/aromatic N) is 1. The number of H-pyrrole nitrogens is 1. The summed E-state index contributed by atoms with van der Waals surface area (Å²) in [7, 11) is 0. The fourth-order valence-corrected chi connectivity index (χ4v) is 3.20. The summed E-state index contributed by atoms with van der Waals surface area (Å²) < 4.78 is 0.571. The summed E-state index contributed by atoms with van der Waals surface area (Å²) in [6.07, 6.45) is 4.72. The molecule has 1 aliphatic heterocycles. The molecule has 0 spiro atoms. The average Bonchev–Trinajstić information content (AvgIpc) is 2.94. The number of aromatic amines is 1. The zero-order valence-corrected chi connectivity index (χ0v) is 11.9. The van der Waals surface area contributed by atoms with E-state index >= 15 is 0 Å². The molecule has 0 amide bonds. The fraction of sp³-hybridized carbons (Fsp3) is 0.143. The Balaban J connectivity index is 2.10. The number of thiazole rings is 1. The molecule has 0 radical (unpaired) electrons. The first-order valence-electron chi connectivity index (χ1n) is 5.99. The number of aromatic nitrogens is 1. The second-order valence-corrected chi connectivity index (χ2v) is 5.97. The van der Waals surface area contributed by atoms with Gasteiger partial charge in [-0.05, 0) is 30.3 Å². The number of aliphatic imine (C=N–C) groups is 1. The molecular weight excluding hydrogens is 276 g/mol. The molecule has 96 valence electrons. The minimum Gasteiger partial charge on any atom is -0.494 e. The van der Waals surface area contributed by atoms with Gasteiger partial charge in [0.25, 0.3) is 0 Å². The largest absolute Gasteiger partial charge is 0.494 e. The number of benzene rings is 1. The van der Waals surface area contributed by atoms with Gasteiger partial charge in [0, 0.05) is 17.4 Å². The number of hydrogen-bond acceptors (Lipinski definition) is 4. The molecule has 3 nitrogen and oxygen atoms in total. The summed E-state index contributed by atoms with van der Waals surface area (Å²) in [5.74, 6) is 0.121. The Kier molecular flexibility index (Phi) is 3.08.